The highest BCUT2D eigenvalue weighted by Gasteiger charge is 2.31. The third-order valence-corrected chi connectivity index (χ3v) is 8.04. The first-order chi connectivity index (χ1) is 34.7. The van der Waals surface area contributed by atoms with Crippen molar-refractivity contribution in [3.8, 4) is 11.1 Å². The second-order valence-electron chi connectivity index (χ2n) is 10.3. The standard InChI is InChI=1S/C40H38F5N3O3S/c1-51-22-21-46-19-17-32(18-20-46)47(24-27-9-11-28(12-10-27)29-13-15-31(16-14-29)40(43,44)45)37(50)25-48-35-8-3-2-6-33(35)36(49)23-38(48)52-26-30-5-4-7-34(41)39(30)42/h2-16,23,32H,17-22,24-26H2,1H3/i1D3,2D,3D,6D,8D,17D2,18D2,19D2,20D2,21D2,22D2,23D,24D2,25D2,32D. The highest BCUT2D eigenvalue weighted by atomic mass is 32.2. The van der Waals surface area contributed by atoms with Gasteiger partial charge in [0.25, 0.3) is 0 Å². The number of carbonyl (C=O) groups is 1. The van der Waals surface area contributed by atoms with Crippen LogP contribution in [-0.4, -0.2) is 59.4 Å². The maximum Gasteiger partial charge on any atom is 0.416 e. The first kappa shape index (κ1) is 17.1. The second-order valence-corrected chi connectivity index (χ2v) is 11.3. The summed E-state index contributed by atoms with van der Waals surface area (Å²) >= 11 is 0.00608. The van der Waals surface area contributed by atoms with Gasteiger partial charge in [-0.3, -0.25) is 9.59 Å². The lowest BCUT2D eigenvalue weighted by Crippen LogP contribution is -2.48. The minimum atomic E-state index is -5.12. The number of ether oxygens (including phenoxy) is 1. The van der Waals surface area contributed by atoms with E-state index in [0.29, 0.717) is 30.3 Å². The number of thioether (sulfide) groups is 1. The molecule has 1 aliphatic heterocycles. The lowest BCUT2D eigenvalue weighted by atomic mass is 10.00. The monoisotopic (exact) mass is 760 g/mol. The minimum absolute atomic E-state index is 0.00608. The van der Waals surface area contributed by atoms with Crippen molar-refractivity contribution in [2.75, 3.05) is 33.1 Å². The number of piperidine rings is 1. The summed E-state index contributed by atoms with van der Waals surface area (Å²) in [6.07, 6.45) is -14.8. The summed E-state index contributed by atoms with van der Waals surface area (Å²) in [5.41, 5.74) is -5.87. The van der Waals surface area contributed by atoms with E-state index in [4.69, 9.17) is 21.9 Å². The molecule has 5 aromatic rings. The third kappa shape index (κ3) is 8.74. The van der Waals surface area contributed by atoms with Crippen LogP contribution in [0.5, 0.6) is 0 Å². The Labute approximate surface area is 337 Å². The van der Waals surface area contributed by atoms with Gasteiger partial charge in [0.2, 0.25) is 5.91 Å². The average Bonchev–Trinajstić information content (AvgIpc) is 3.29. The molecule has 0 aliphatic carbocycles. The van der Waals surface area contributed by atoms with Gasteiger partial charge >= 0.3 is 6.18 Å². The van der Waals surface area contributed by atoms with Gasteiger partial charge < -0.3 is 19.1 Å². The van der Waals surface area contributed by atoms with Crippen LogP contribution in [-0.2, 0) is 34.5 Å². The number of carbonyl (C=O) groups excluding carboxylic acids is 1. The number of alkyl halides is 3. The second kappa shape index (κ2) is 16.4. The molecule has 0 N–H and O–H groups in total. The van der Waals surface area contributed by atoms with Crippen LogP contribution in [0, 0.1) is 11.6 Å². The Kier molecular flexibility index (Phi) is 5.40. The summed E-state index contributed by atoms with van der Waals surface area (Å²) in [5, 5.41) is -2.53. The van der Waals surface area contributed by atoms with E-state index in [9.17, 15) is 34.7 Å². The smallest absolute Gasteiger partial charge is 0.383 e. The number of fused-ring (bicyclic) bond motifs is 1. The zero-order valence-electron chi connectivity index (χ0n) is 50.9. The highest BCUT2D eigenvalue weighted by Crippen LogP contribution is 2.32. The number of aromatic nitrogens is 1. The summed E-state index contributed by atoms with van der Waals surface area (Å²) in [4.78, 5) is 27.6. The normalized spacial score (nSPS) is 27.1. The first-order valence-corrected chi connectivity index (χ1v) is 15.5. The Morgan fingerprint density at radius 1 is 1.06 bits per heavy atom. The number of rotatable bonds is 12. The van der Waals surface area contributed by atoms with Crippen molar-refractivity contribution in [1.29, 1.82) is 0 Å². The van der Waals surface area contributed by atoms with Crippen LogP contribution >= 0.6 is 11.8 Å². The van der Waals surface area contributed by atoms with Crippen molar-refractivity contribution < 1.29 is 65.8 Å². The highest BCUT2D eigenvalue weighted by molar-refractivity contribution is 7.98. The van der Waals surface area contributed by atoms with E-state index in [1.807, 2.05) is 0 Å². The van der Waals surface area contributed by atoms with Gasteiger partial charge in [-0.15, -0.1) is 11.8 Å². The van der Waals surface area contributed by atoms with Gasteiger partial charge in [0.05, 0.1) is 43.2 Å². The number of likely N-dealkylation sites (tertiary alicyclic amines) is 1. The van der Waals surface area contributed by atoms with Crippen LogP contribution in [0.4, 0.5) is 22.0 Å². The zero-order valence-corrected chi connectivity index (χ0v) is 26.7. The Morgan fingerprint density at radius 3 is 2.44 bits per heavy atom. The van der Waals surface area contributed by atoms with Crippen LogP contribution in [0.1, 0.15) is 63.7 Å². The number of para-hydroxylation sites is 1. The molecule has 0 unspecified atom stereocenters. The molecule has 4 aromatic carbocycles. The fourth-order valence-corrected chi connectivity index (χ4v) is 5.50. The number of nitrogens with zero attached hydrogens (tertiary/aromatic N) is 3. The summed E-state index contributed by atoms with van der Waals surface area (Å²) in [6.45, 7) is -27.9. The molecule has 1 saturated heterocycles. The Hall–Kier alpha value is -4.52. The maximum absolute atomic E-state index is 15.8. The topological polar surface area (TPSA) is 54.8 Å². The molecule has 0 atom stereocenters. The number of pyridine rings is 1. The van der Waals surface area contributed by atoms with Crippen molar-refractivity contribution in [3.05, 3.63) is 135 Å². The number of hydrogen-bond acceptors (Lipinski definition) is 5. The molecule has 0 spiro atoms. The van der Waals surface area contributed by atoms with E-state index in [-0.39, 0.29) is 27.5 Å². The van der Waals surface area contributed by atoms with Crippen LogP contribution in [0.25, 0.3) is 22.0 Å². The lowest BCUT2D eigenvalue weighted by molar-refractivity contribution is -0.137. The molecule has 1 fully saturated rings. The molecule has 2 heterocycles. The minimum Gasteiger partial charge on any atom is -0.383 e. The van der Waals surface area contributed by atoms with E-state index in [1.165, 1.54) is 0 Å². The molecule has 52 heavy (non-hydrogen) atoms. The van der Waals surface area contributed by atoms with E-state index in [2.05, 4.69) is 4.74 Å². The van der Waals surface area contributed by atoms with Crippen LogP contribution in [0.2, 0.25) is 0 Å². The Morgan fingerprint density at radius 2 is 1.75 bits per heavy atom. The molecule has 0 bridgehead atoms. The molecular weight excluding hydrogens is 698 g/mol. The van der Waals surface area contributed by atoms with E-state index >= 15 is 9.18 Å². The molecule has 1 aliphatic rings. The van der Waals surface area contributed by atoms with E-state index in [0.717, 1.165) is 36.4 Å². The van der Waals surface area contributed by atoms with Crippen molar-refractivity contribution in [1.82, 2.24) is 14.4 Å². The summed E-state index contributed by atoms with van der Waals surface area (Å²) in [7, 11) is -3.95. The summed E-state index contributed by atoms with van der Waals surface area (Å²) in [5.74, 6) is -6.81. The van der Waals surface area contributed by atoms with Gasteiger partial charge in [-0.25, -0.2) is 8.78 Å². The van der Waals surface area contributed by atoms with Crippen LogP contribution < -0.4 is 5.43 Å². The quantitative estimate of drug-likeness (QED) is 0.0945. The molecule has 12 heteroatoms. The lowest BCUT2D eigenvalue weighted by Gasteiger charge is -2.39. The number of methoxy groups -OCH3 is 1. The van der Waals surface area contributed by atoms with Gasteiger partial charge in [0.1, 0.15) is 6.50 Å². The molecular formula is C40H38F5N3O3S. The Bertz CT molecular complexity index is 3200. The van der Waals surface area contributed by atoms with Crippen molar-refractivity contribution >= 4 is 28.6 Å². The zero-order chi connectivity index (χ0) is 58.9. The van der Waals surface area contributed by atoms with Crippen molar-refractivity contribution in [2.24, 2.45) is 0 Å². The van der Waals surface area contributed by atoms with Crippen LogP contribution in [0.15, 0.2) is 107 Å². The largest absolute Gasteiger partial charge is 0.416 e. The molecule has 1 aromatic heterocycles. The van der Waals surface area contributed by atoms with E-state index in [1.54, 1.807) is 0 Å². The fraction of sp³-hybridized carbons (Fsp3) is 0.300. The molecule has 0 saturated carbocycles. The fourth-order valence-electron chi connectivity index (χ4n) is 4.55. The van der Waals surface area contributed by atoms with Gasteiger partial charge in [0, 0.05) is 75.5 Å². The van der Waals surface area contributed by atoms with Gasteiger partial charge in [-0.05, 0) is 59.7 Å². The first-order valence-electron chi connectivity index (χ1n) is 27.0. The SMILES string of the molecule is [2H]c1c([2H])c([2H])c2c(c1[2H])c(=O)c([2H])c(SCc1cccc(F)c1F)n2C([2H])([2H])C(=O)N(C([2H])([2H])c1ccc(-c2ccc(C(F)(F)F)cc2)cc1)C1([2H])C([2H])([2H])C([2H])([2H])N(C([2H])([2H])C([2H])([2H])OC([2H])([2H])[2H])C([2H])([2H])C1([2H])[2H]. The molecule has 6 rings (SSSR count). The number of hydrogen-bond donors (Lipinski definition) is 0. The van der Waals surface area contributed by atoms with Gasteiger partial charge in [-0.1, -0.05) is 60.6 Å². The summed E-state index contributed by atoms with van der Waals surface area (Å²) in [6, 6.07) is -2.79. The maximum atomic E-state index is 15.8. The number of benzene rings is 4. The molecule has 0 radical (unpaired) electrons. The number of amides is 1. The third-order valence-electron chi connectivity index (χ3n) is 7.02. The molecule has 272 valence electrons. The average molecular weight is 761 g/mol. The predicted octanol–water partition coefficient (Wildman–Crippen LogP) is 8.40. The van der Waals surface area contributed by atoms with Crippen molar-refractivity contribution in [3.63, 3.8) is 0 Å². The van der Waals surface area contributed by atoms with Gasteiger partial charge in [-0.2, -0.15) is 13.2 Å². The number of halogens is 5. The Balaban J connectivity index is 1.74. The van der Waals surface area contributed by atoms with E-state index < -0.39 is 172 Å². The predicted molar refractivity (Wildman–Crippen MR) is 193 cm³/mol. The van der Waals surface area contributed by atoms with Gasteiger partial charge in [0.15, 0.2) is 17.1 Å². The molecule has 1 amide bonds. The summed E-state index contributed by atoms with van der Waals surface area (Å²) < 4.78 is 293. The van der Waals surface area contributed by atoms with Crippen LogP contribution in [0.3, 0.4) is 0 Å². The van der Waals surface area contributed by atoms with Crippen molar-refractivity contribution in [2.45, 2.75) is 48.7 Å². The molecule has 6 nitrogen and oxygen atoms in total.